The van der Waals surface area contributed by atoms with E-state index in [2.05, 4.69) is 15.8 Å². The summed E-state index contributed by atoms with van der Waals surface area (Å²) in [4.78, 5) is 41.3. The van der Waals surface area contributed by atoms with Gasteiger partial charge >= 0.3 is 0 Å². The van der Waals surface area contributed by atoms with Crippen molar-refractivity contribution in [1.29, 1.82) is 0 Å². The van der Waals surface area contributed by atoms with E-state index < -0.39 is 6.04 Å². The van der Waals surface area contributed by atoms with Crippen LogP contribution >= 0.6 is 0 Å². The van der Waals surface area contributed by atoms with Gasteiger partial charge in [0, 0.05) is 30.6 Å². The molecule has 1 saturated carbocycles. The smallest absolute Gasteiger partial charge is 0.251 e. The maximum Gasteiger partial charge on any atom is 0.251 e. The van der Waals surface area contributed by atoms with Gasteiger partial charge in [0.25, 0.3) is 5.91 Å². The van der Waals surface area contributed by atoms with Crippen LogP contribution in [0, 0.1) is 20.8 Å². The first kappa shape index (κ1) is 25.2. The highest BCUT2D eigenvalue weighted by molar-refractivity contribution is 6.03. The minimum absolute atomic E-state index is 0.0709. The summed E-state index contributed by atoms with van der Waals surface area (Å²) in [5, 5.41) is 9.50. The second-order valence-electron chi connectivity index (χ2n) is 9.26. The molecule has 4 rings (SSSR count). The Kier molecular flexibility index (Phi) is 7.87. The number of hydrogen-bond donors (Lipinski definition) is 2. The number of rotatable bonds is 9. The molecule has 9 nitrogen and oxygen atoms in total. The largest absolute Gasteiger partial charge is 0.464 e. The number of benzene rings is 1. The molecule has 2 heterocycles. The van der Waals surface area contributed by atoms with Crippen molar-refractivity contribution in [2.75, 3.05) is 10.2 Å². The van der Waals surface area contributed by atoms with Crippen molar-refractivity contribution >= 4 is 29.2 Å². The van der Waals surface area contributed by atoms with Gasteiger partial charge in [0.05, 0.1) is 0 Å². The molecule has 36 heavy (non-hydrogen) atoms. The molecule has 0 radical (unpaired) electrons. The monoisotopic (exact) mass is 492 g/mol. The van der Waals surface area contributed by atoms with Crippen LogP contribution in [-0.4, -0.2) is 28.9 Å². The van der Waals surface area contributed by atoms with Gasteiger partial charge in [-0.3, -0.25) is 19.3 Å². The van der Waals surface area contributed by atoms with E-state index in [0.717, 1.165) is 31.2 Å². The zero-order valence-electron chi connectivity index (χ0n) is 20.9. The number of furan rings is 1. The third-order valence-corrected chi connectivity index (χ3v) is 6.34. The number of amides is 3. The summed E-state index contributed by atoms with van der Waals surface area (Å²) < 4.78 is 10.8. The number of para-hydroxylation sites is 1. The predicted octanol–water partition coefficient (Wildman–Crippen LogP) is 4.74. The standard InChI is InChI=1S/C27H32N4O5/c1-17-8-4-7-11-21(17)31(25(33)15-14-24(32)29-23-16-19(3)36-30-23)26(22-13-12-18(2)35-22)27(34)28-20-9-5-6-10-20/h4,7-8,11-13,16,20,26H,5-6,9-10,14-15H2,1-3H3,(H,28,34)(H,29,30,32). The molecule has 3 amide bonds. The van der Waals surface area contributed by atoms with Crippen molar-refractivity contribution in [2.45, 2.75) is 71.4 Å². The molecular formula is C27H32N4O5. The van der Waals surface area contributed by atoms with Crippen molar-refractivity contribution in [3.8, 4) is 0 Å². The first-order valence-electron chi connectivity index (χ1n) is 12.3. The van der Waals surface area contributed by atoms with Crippen LogP contribution in [0.2, 0.25) is 0 Å². The van der Waals surface area contributed by atoms with E-state index in [-0.39, 0.29) is 36.6 Å². The lowest BCUT2D eigenvalue weighted by Gasteiger charge is -2.32. The van der Waals surface area contributed by atoms with Crippen LogP contribution < -0.4 is 15.5 Å². The number of carbonyl (C=O) groups excluding carboxylic acids is 3. The summed E-state index contributed by atoms with van der Waals surface area (Å²) >= 11 is 0. The zero-order valence-corrected chi connectivity index (χ0v) is 20.9. The van der Waals surface area contributed by atoms with Gasteiger partial charge in [0.1, 0.15) is 17.3 Å². The van der Waals surface area contributed by atoms with E-state index in [0.29, 0.717) is 28.8 Å². The topological polar surface area (TPSA) is 118 Å². The number of aromatic nitrogens is 1. The van der Waals surface area contributed by atoms with Crippen molar-refractivity contribution in [2.24, 2.45) is 0 Å². The third-order valence-electron chi connectivity index (χ3n) is 6.34. The van der Waals surface area contributed by atoms with E-state index >= 15 is 0 Å². The van der Waals surface area contributed by atoms with Gasteiger partial charge in [-0.1, -0.05) is 36.2 Å². The molecule has 3 aromatic rings. The second kappa shape index (κ2) is 11.2. The molecule has 9 heteroatoms. The Hall–Kier alpha value is -3.88. The first-order valence-corrected chi connectivity index (χ1v) is 12.3. The van der Waals surface area contributed by atoms with Crippen LogP contribution in [0.5, 0.6) is 0 Å². The van der Waals surface area contributed by atoms with Crippen molar-refractivity contribution < 1.29 is 23.3 Å². The molecule has 2 aromatic heterocycles. The number of aryl methyl sites for hydroxylation is 3. The maximum atomic E-state index is 13.7. The molecule has 1 fully saturated rings. The highest BCUT2D eigenvalue weighted by Crippen LogP contribution is 2.33. The molecule has 0 aliphatic heterocycles. The van der Waals surface area contributed by atoms with Crippen LogP contribution in [-0.2, 0) is 14.4 Å². The van der Waals surface area contributed by atoms with Crippen LogP contribution in [0.15, 0.2) is 51.4 Å². The number of hydrogen-bond acceptors (Lipinski definition) is 6. The first-order chi connectivity index (χ1) is 17.3. The van der Waals surface area contributed by atoms with Crippen LogP contribution in [0.3, 0.4) is 0 Å². The zero-order chi connectivity index (χ0) is 25.7. The molecule has 1 aliphatic carbocycles. The van der Waals surface area contributed by atoms with Gasteiger partial charge in [-0.2, -0.15) is 0 Å². The van der Waals surface area contributed by atoms with Crippen molar-refractivity contribution in [1.82, 2.24) is 10.5 Å². The van der Waals surface area contributed by atoms with Gasteiger partial charge < -0.3 is 19.6 Å². The lowest BCUT2D eigenvalue weighted by molar-refractivity contribution is -0.128. The van der Waals surface area contributed by atoms with Crippen molar-refractivity contribution in [3.05, 3.63) is 65.3 Å². The Morgan fingerprint density at radius 1 is 1.03 bits per heavy atom. The fourth-order valence-corrected chi connectivity index (χ4v) is 4.55. The minimum atomic E-state index is -1.01. The Bertz CT molecular complexity index is 1220. The van der Waals surface area contributed by atoms with Crippen molar-refractivity contribution in [3.63, 3.8) is 0 Å². The average Bonchev–Trinajstić information content (AvgIpc) is 3.60. The molecule has 1 atom stereocenters. The molecule has 190 valence electrons. The van der Waals surface area contributed by atoms with E-state index in [4.69, 9.17) is 8.94 Å². The van der Waals surface area contributed by atoms with Crippen LogP contribution in [0.25, 0.3) is 0 Å². The number of carbonyl (C=O) groups is 3. The Morgan fingerprint density at radius 2 is 1.78 bits per heavy atom. The van der Waals surface area contributed by atoms with Gasteiger partial charge in [0.15, 0.2) is 11.9 Å². The highest BCUT2D eigenvalue weighted by atomic mass is 16.5. The molecule has 0 saturated heterocycles. The van der Waals surface area contributed by atoms with E-state index in [1.165, 1.54) is 4.90 Å². The summed E-state index contributed by atoms with van der Waals surface area (Å²) in [6, 6.07) is 11.6. The normalized spacial score (nSPS) is 14.4. The Labute approximate surface area is 210 Å². The SMILES string of the molecule is Cc1cc(NC(=O)CCC(=O)N(c2ccccc2C)C(C(=O)NC2CCCC2)c2ccc(C)o2)no1. The molecule has 1 aliphatic rings. The fourth-order valence-electron chi connectivity index (χ4n) is 4.55. The molecule has 2 N–H and O–H groups in total. The number of nitrogens with zero attached hydrogens (tertiary/aromatic N) is 2. The third kappa shape index (κ3) is 6.02. The summed E-state index contributed by atoms with van der Waals surface area (Å²) in [7, 11) is 0. The van der Waals surface area contributed by atoms with E-state index in [1.54, 1.807) is 38.1 Å². The maximum absolute atomic E-state index is 13.7. The van der Waals surface area contributed by atoms with Gasteiger partial charge in [0.2, 0.25) is 11.8 Å². The quantitative estimate of drug-likeness (QED) is 0.445. The highest BCUT2D eigenvalue weighted by Gasteiger charge is 2.37. The summed E-state index contributed by atoms with van der Waals surface area (Å²) in [5.41, 5.74) is 1.42. The van der Waals surface area contributed by atoms with Crippen LogP contribution in [0.4, 0.5) is 11.5 Å². The predicted molar refractivity (Wildman–Crippen MR) is 134 cm³/mol. The summed E-state index contributed by atoms with van der Waals surface area (Å²) in [6.45, 7) is 5.40. The molecule has 1 aromatic carbocycles. The number of nitrogens with one attached hydrogen (secondary N) is 2. The average molecular weight is 493 g/mol. The second-order valence-corrected chi connectivity index (χ2v) is 9.26. The molecule has 1 unspecified atom stereocenters. The van der Waals surface area contributed by atoms with Gasteiger partial charge in [-0.15, -0.1) is 0 Å². The van der Waals surface area contributed by atoms with Crippen LogP contribution in [0.1, 0.15) is 67.4 Å². The lowest BCUT2D eigenvalue weighted by Crippen LogP contribution is -2.46. The Balaban J connectivity index is 1.61. The lowest BCUT2D eigenvalue weighted by atomic mass is 10.1. The van der Waals surface area contributed by atoms with E-state index in [1.807, 2.05) is 25.1 Å². The fraction of sp³-hybridized carbons (Fsp3) is 0.407. The van der Waals surface area contributed by atoms with Gasteiger partial charge in [-0.25, -0.2) is 0 Å². The minimum Gasteiger partial charge on any atom is -0.464 e. The molecule has 0 bridgehead atoms. The summed E-state index contributed by atoms with van der Waals surface area (Å²) in [6.07, 6.45) is 3.77. The van der Waals surface area contributed by atoms with E-state index in [9.17, 15) is 14.4 Å². The van der Waals surface area contributed by atoms with Gasteiger partial charge in [-0.05, 0) is 57.4 Å². The molecular weight excluding hydrogens is 460 g/mol. The summed E-state index contributed by atoms with van der Waals surface area (Å²) in [5.74, 6) is 0.844. The Morgan fingerprint density at radius 3 is 2.42 bits per heavy atom. The molecule has 0 spiro atoms. The number of anilines is 2.